The average Bonchev–Trinajstić information content (AvgIpc) is 3.38. The third-order valence-corrected chi connectivity index (χ3v) is 6.89. The van der Waals surface area contributed by atoms with E-state index in [1.54, 1.807) is 0 Å². The number of aryl methyl sites for hydroxylation is 2. The van der Waals surface area contributed by atoms with E-state index in [2.05, 4.69) is 89.2 Å². The van der Waals surface area contributed by atoms with Gasteiger partial charge in [-0.1, -0.05) is 75.4 Å². The molecule has 0 fully saturated rings. The second kappa shape index (κ2) is 14.5. The Morgan fingerprint density at radius 3 is 1.97 bits per heavy atom. The topological polar surface area (TPSA) is 0 Å². The van der Waals surface area contributed by atoms with Crippen molar-refractivity contribution in [2.45, 2.75) is 52.6 Å². The van der Waals surface area contributed by atoms with E-state index in [9.17, 15) is 13.2 Å². The predicted octanol–water partition coefficient (Wildman–Crippen LogP) is 2.79. The first-order chi connectivity index (χ1) is 16.9. The molecule has 0 heterocycles. The van der Waals surface area contributed by atoms with Crippen molar-refractivity contribution < 1.29 is 62.2 Å². The fourth-order valence-electron chi connectivity index (χ4n) is 4.38. The van der Waals surface area contributed by atoms with E-state index in [-0.39, 0.29) is 24.8 Å². The van der Waals surface area contributed by atoms with Gasteiger partial charge in [-0.05, 0) is 6.42 Å². The largest absolute Gasteiger partial charge is 1.00 e. The molecule has 6 heteroatoms. The van der Waals surface area contributed by atoms with E-state index in [1.165, 1.54) is 75.3 Å². The first-order valence-electron chi connectivity index (χ1n) is 11.9. The molecule has 0 nitrogen and oxygen atoms in total. The Kier molecular flexibility index (Phi) is 13.0. The van der Waals surface area contributed by atoms with Crippen LogP contribution in [0.3, 0.4) is 0 Å². The number of benzene rings is 3. The Labute approximate surface area is 252 Å². The van der Waals surface area contributed by atoms with Crippen LogP contribution in [0.1, 0.15) is 59.7 Å². The van der Waals surface area contributed by atoms with Gasteiger partial charge >= 0.3 is 82.7 Å². The van der Waals surface area contributed by atoms with Crippen molar-refractivity contribution >= 4 is 3.71 Å². The van der Waals surface area contributed by atoms with Crippen LogP contribution in [0.5, 0.6) is 0 Å². The van der Waals surface area contributed by atoms with E-state index < -0.39 is 11.7 Å². The number of hydrogen-bond donors (Lipinski definition) is 0. The molecule has 0 unspecified atom stereocenters. The van der Waals surface area contributed by atoms with E-state index in [4.69, 9.17) is 0 Å². The van der Waals surface area contributed by atoms with Gasteiger partial charge in [-0.2, -0.15) is 52.6 Å². The Morgan fingerprint density at radius 1 is 0.868 bits per heavy atom. The molecule has 5 rings (SSSR count). The molecule has 1 aliphatic carbocycles. The van der Waals surface area contributed by atoms with E-state index in [0.717, 1.165) is 24.1 Å². The Hall–Kier alpha value is -1.87. The van der Waals surface area contributed by atoms with Crippen LogP contribution in [0.15, 0.2) is 78.9 Å². The van der Waals surface area contributed by atoms with E-state index >= 15 is 0 Å². The van der Waals surface area contributed by atoms with Gasteiger partial charge in [0.05, 0.1) is 0 Å². The number of alkyl halides is 3. The van der Waals surface area contributed by atoms with Gasteiger partial charge in [-0.25, -0.2) is 6.07 Å². The third-order valence-electron chi connectivity index (χ3n) is 6.07. The zero-order chi connectivity index (χ0) is 26.5. The van der Waals surface area contributed by atoms with Crippen LogP contribution in [0.4, 0.5) is 13.2 Å². The predicted molar refractivity (Wildman–Crippen MR) is 140 cm³/mol. The molecule has 200 valence electrons. The summed E-state index contributed by atoms with van der Waals surface area (Å²) in [4.78, 5) is 0. The fraction of sp³-hybridized carbons (Fsp3) is 0.250. The van der Waals surface area contributed by atoms with E-state index in [0.29, 0.717) is 5.41 Å². The van der Waals surface area contributed by atoms with Crippen molar-refractivity contribution in [3.05, 3.63) is 124 Å². The minimum atomic E-state index is -4.22. The second-order valence-electron chi connectivity index (χ2n) is 10.0. The summed E-state index contributed by atoms with van der Waals surface area (Å²) >= 11 is 1.18. The Balaban J connectivity index is 0.000000279. The molecule has 38 heavy (non-hydrogen) atoms. The number of fused-ring (bicyclic) bond motifs is 3. The summed E-state index contributed by atoms with van der Waals surface area (Å²) in [6.07, 6.45) is -3.17. The van der Waals surface area contributed by atoms with Gasteiger partial charge in [0.15, 0.2) is 0 Å². The van der Waals surface area contributed by atoms with Gasteiger partial charge in [0.25, 0.3) is 0 Å². The summed E-state index contributed by atoms with van der Waals surface area (Å²) in [5.74, 6) is 0. The molecule has 0 amide bonds. The molecule has 4 aromatic carbocycles. The third kappa shape index (κ3) is 9.11. The minimum absolute atomic E-state index is 0. The molecule has 4 aromatic rings. The first-order valence-corrected chi connectivity index (χ1v) is 13.3. The quantitative estimate of drug-likeness (QED) is 0.249. The van der Waals surface area contributed by atoms with Crippen molar-refractivity contribution in [2.75, 3.05) is 0 Å². The van der Waals surface area contributed by atoms with Crippen molar-refractivity contribution in [3.8, 4) is 11.1 Å². The maximum atomic E-state index is 12.0. The van der Waals surface area contributed by atoms with Crippen LogP contribution in [0, 0.1) is 19.9 Å². The standard InChI is InChI=1S/C13H9.C11H17.C8H5F3.2ClH.Zr/c1-3-7-12-10(5-1)9-11-6-2-4-8-13(11)12;1-8-6-9(2)10(7-8)11(3,4)5;1-6-2-4-7(5-3-6)8(9,10)11;;;/h1-5,7-8H,9H2;6-7H,1-5H3;1-5H;2*1H;/q2*-1;;;;+2/p-2. The molecule has 0 saturated carbocycles. The molecule has 0 N–H and O–H groups in total. The summed E-state index contributed by atoms with van der Waals surface area (Å²) in [7, 11) is 0. The Morgan fingerprint density at radius 2 is 1.47 bits per heavy atom. The molecule has 1 aliphatic rings. The molecule has 0 atom stereocenters. The number of rotatable bonds is 1. The zero-order valence-electron chi connectivity index (χ0n) is 22.2. The molecule has 0 bridgehead atoms. The van der Waals surface area contributed by atoms with Gasteiger partial charge in [0.1, 0.15) is 0 Å². The van der Waals surface area contributed by atoms with Crippen LogP contribution in [0.25, 0.3) is 11.1 Å². The average molecular weight is 635 g/mol. The van der Waals surface area contributed by atoms with Crippen molar-refractivity contribution in [3.63, 3.8) is 0 Å². The van der Waals surface area contributed by atoms with Crippen LogP contribution in [0.2, 0.25) is 0 Å². The molecular formula is C32H31Cl2F3Zr-2. The monoisotopic (exact) mass is 632 g/mol. The van der Waals surface area contributed by atoms with Crippen LogP contribution < -0.4 is 24.8 Å². The van der Waals surface area contributed by atoms with Crippen LogP contribution in [-0.4, -0.2) is 3.71 Å². The summed E-state index contributed by atoms with van der Waals surface area (Å²) in [5.41, 5.74) is 10.3. The van der Waals surface area contributed by atoms with Crippen LogP contribution >= 0.6 is 0 Å². The molecule has 0 saturated heterocycles. The van der Waals surface area contributed by atoms with Crippen LogP contribution in [-0.2, 0) is 42.2 Å². The zero-order valence-corrected chi connectivity index (χ0v) is 26.1. The summed E-state index contributed by atoms with van der Waals surface area (Å²) in [6, 6.07) is 27.8. The van der Waals surface area contributed by atoms with Gasteiger partial charge < -0.3 is 24.8 Å². The number of halogens is 5. The molecule has 0 aliphatic heterocycles. The summed E-state index contributed by atoms with van der Waals surface area (Å²) < 4.78 is 37.9. The minimum Gasteiger partial charge on any atom is -1.00 e. The van der Waals surface area contributed by atoms with Gasteiger partial charge in [0.2, 0.25) is 0 Å². The first kappa shape index (κ1) is 34.2. The maximum absolute atomic E-state index is 12.0. The fourth-order valence-corrected chi connectivity index (χ4v) is 4.85. The van der Waals surface area contributed by atoms with Crippen molar-refractivity contribution in [2.24, 2.45) is 0 Å². The molecule has 0 radical (unpaired) electrons. The van der Waals surface area contributed by atoms with E-state index in [1.807, 2.05) is 9.78 Å². The van der Waals surface area contributed by atoms with Gasteiger partial charge in [-0.15, -0.1) is 5.56 Å². The summed E-state index contributed by atoms with van der Waals surface area (Å²) in [5, 5.41) is 0. The SMILES string of the molecule is Cc1cc(C(C)(C)C)c(C)[cH-]1.FC(F)(F)c1ccc([CH]=[Zr+2])cc1.[Cl-].[Cl-].[c-]1cccc2c1Cc1ccccc1-2. The summed E-state index contributed by atoms with van der Waals surface area (Å²) in [6.45, 7) is 11.1. The number of hydrogen-bond acceptors (Lipinski definition) is 0. The molecule has 0 spiro atoms. The molecular weight excluding hydrogens is 603 g/mol. The second-order valence-corrected chi connectivity index (χ2v) is 10.7. The molecule has 0 aromatic heterocycles. The normalized spacial score (nSPS) is 11.3. The van der Waals surface area contributed by atoms with Gasteiger partial charge in [0, 0.05) is 0 Å². The maximum Gasteiger partial charge on any atom is -0.0253 e. The van der Waals surface area contributed by atoms with Crippen molar-refractivity contribution in [1.29, 1.82) is 0 Å². The van der Waals surface area contributed by atoms with Gasteiger partial charge in [-0.3, -0.25) is 0 Å². The Bertz CT molecular complexity index is 1270. The van der Waals surface area contributed by atoms with Crippen molar-refractivity contribution in [1.82, 2.24) is 0 Å². The smallest absolute Gasteiger partial charge is 0.0253 e.